The highest BCUT2D eigenvalue weighted by Crippen LogP contribution is 2.22. The maximum atomic E-state index is 12.6. The van der Waals surface area contributed by atoms with E-state index in [2.05, 4.69) is 10.2 Å². The zero-order valence-electron chi connectivity index (χ0n) is 12.1. The number of nitrogens with zero attached hydrogens (tertiary/aromatic N) is 2. The second-order valence-corrected chi connectivity index (χ2v) is 7.00. The third-order valence-electron chi connectivity index (χ3n) is 3.22. The average Bonchev–Trinajstić information content (AvgIpc) is 2.69. The normalized spacial score (nSPS) is 12.1. The van der Waals surface area contributed by atoms with Crippen molar-refractivity contribution in [2.24, 2.45) is 0 Å². The lowest BCUT2D eigenvalue weighted by atomic mass is 10.1. The quantitative estimate of drug-likeness (QED) is 0.939. The molecule has 1 N–H and O–H groups in total. The molecule has 2 rings (SSSR count). The summed E-state index contributed by atoms with van der Waals surface area (Å²) >= 11 is 0. The van der Waals surface area contributed by atoms with Crippen LogP contribution >= 0.6 is 0 Å². The third kappa shape index (κ3) is 2.76. The number of nitrogens with one attached hydrogen (secondary N) is 1. The van der Waals surface area contributed by atoms with Gasteiger partial charge in [0.25, 0.3) is 0 Å². The first-order valence-electron chi connectivity index (χ1n) is 6.36. The van der Waals surface area contributed by atoms with Crippen LogP contribution < -0.4 is 0 Å². The lowest BCUT2D eigenvalue weighted by molar-refractivity contribution is 0.466. The highest BCUT2D eigenvalue weighted by atomic mass is 32.2. The molecule has 2 aromatic rings. The smallest absolute Gasteiger partial charge is 0.246 e. The van der Waals surface area contributed by atoms with Crippen LogP contribution in [-0.4, -0.2) is 30.0 Å². The zero-order chi connectivity index (χ0) is 14.9. The van der Waals surface area contributed by atoms with E-state index in [1.807, 2.05) is 31.2 Å². The summed E-state index contributed by atoms with van der Waals surface area (Å²) in [6, 6.07) is 7.83. The number of rotatable bonds is 4. The Hall–Kier alpha value is -1.66. The summed E-state index contributed by atoms with van der Waals surface area (Å²) in [6.07, 6.45) is 0. The van der Waals surface area contributed by atoms with Crippen molar-refractivity contribution in [2.75, 3.05) is 7.05 Å². The molecule has 0 aliphatic heterocycles. The summed E-state index contributed by atoms with van der Waals surface area (Å²) in [4.78, 5) is 0.271. The summed E-state index contributed by atoms with van der Waals surface area (Å²) in [5.41, 5.74) is 3.15. The van der Waals surface area contributed by atoms with Crippen molar-refractivity contribution >= 4 is 10.0 Å². The molecule has 0 fully saturated rings. The van der Waals surface area contributed by atoms with E-state index in [1.165, 1.54) is 4.31 Å². The lowest BCUT2D eigenvalue weighted by Gasteiger charge is -2.17. The standard InChI is InChI=1S/C14H19N3O2S/c1-10-6-5-7-13(8-10)9-17(4)20(18,19)14-11(2)15-16-12(14)3/h5-8H,9H2,1-4H3,(H,15,16). The van der Waals surface area contributed by atoms with Crippen molar-refractivity contribution in [3.05, 3.63) is 46.8 Å². The van der Waals surface area contributed by atoms with E-state index in [0.29, 0.717) is 17.9 Å². The maximum Gasteiger partial charge on any atom is 0.246 e. The highest BCUT2D eigenvalue weighted by molar-refractivity contribution is 7.89. The molecule has 0 atom stereocenters. The highest BCUT2D eigenvalue weighted by Gasteiger charge is 2.26. The van der Waals surface area contributed by atoms with Crippen LogP contribution in [0.2, 0.25) is 0 Å². The predicted octanol–water partition coefficient (Wildman–Crippen LogP) is 2.16. The van der Waals surface area contributed by atoms with Crippen LogP contribution in [0.3, 0.4) is 0 Å². The van der Waals surface area contributed by atoms with Crippen LogP contribution in [0, 0.1) is 20.8 Å². The number of hydrogen-bond acceptors (Lipinski definition) is 3. The van der Waals surface area contributed by atoms with Crippen LogP contribution in [-0.2, 0) is 16.6 Å². The molecule has 1 aromatic heterocycles. The van der Waals surface area contributed by atoms with E-state index in [-0.39, 0.29) is 4.90 Å². The molecule has 20 heavy (non-hydrogen) atoms. The predicted molar refractivity (Wildman–Crippen MR) is 77.9 cm³/mol. The monoisotopic (exact) mass is 293 g/mol. The minimum Gasteiger partial charge on any atom is -0.281 e. The second kappa shape index (κ2) is 5.38. The van der Waals surface area contributed by atoms with Crippen molar-refractivity contribution in [1.82, 2.24) is 14.5 Å². The molecule has 0 unspecified atom stereocenters. The van der Waals surface area contributed by atoms with Gasteiger partial charge in [0.15, 0.2) is 0 Å². The Morgan fingerprint density at radius 2 is 1.95 bits per heavy atom. The second-order valence-electron chi connectivity index (χ2n) is 5.01. The molecule has 0 aliphatic carbocycles. The van der Waals surface area contributed by atoms with Crippen molar-refractivity contribution in [2.45, 2.75) is 32.2 Å². The van der Waals surface area contributed by atoms with Crippen LogP contribution in [0.1, 0.15) is 22.5 Å². The van der Waals surface area contributed by atoms with Gasteiger partial charge in [-0.25, -0.2) is 8.42 Å². The molecular formula is C14H19N3O2S. The number of sulfonamides is 1. The molecule has 0 aliphatic rings. The maximum absolute atomic E-state index is 12.6. The van der Waals surface area contributed by atoms with Crippen molar-refractivity contribution in [1.29, 1.82) is 0 Å². The van der Waals surface area contributed by atoms with Gasteiger partial charge in [0.2, 0.25) is 10.0 Å². The van der Waals surface area contributed by atoms with Gasteiger partial charge in [-0.1, -0.05) is 29.8 Å². The van der Waals surface area contributed by atoms with Gasteiger partial charge in [0, 0.05) is 13.6 Å². The van der Waals surface area contributed by atoms with Crippen LogP contribution in [0.25, 0.3) is 0 Å². The number of aromatic amines is 1. The SMILES string of the molecule is Cc1cccc(CN(C)S(=O)(=O)c2c(C)n[nH]c2C)c1. The first-order valence-corrected chi connectivity index (χ1v) is 7.80. The molecule has 0 spiro atoms. The molecule has 0 radical (unpaired) electrons. The fourth-order valence-electron chi connectivity index (χ4n) is 2.23. The molecule has 0 saturated carbocycles. The first-order chi connectivity index (χ1) is 9.32. The minimum absolute atomic E-state index is 0.271. The number of hydrogen-bond donors (Lipinski definition) is 1. The Labute approximate surface area is 119 Å². The number of benzene rings is 1. The number of aryl methyl sites for hydroxylation is 3. The Kier molecular flexibility index (Phi) is 3.96. The molecule has 1 heterocycles. The molecule has 5 nitrogen and oxygen atoms in total. The molecular weight excluding hydrogens is 274 g/mol. The molecule has 108 valence electrons. The Bertz CT molecular complexity index is 700. The van der Waals surface area contributed by atoms with Gasteiger partial charge in [0.1, 0.15) is 4.90 Å². The first kappa shape index (κ1) is 14.7. The van der Waals surface area contributed by atoms with E-state index in [1.54, 1.807) is 20.9 Å². The fraction of sp³-hybridized carbons (Fsp3) is 0.357. The van der Waals surface area contributed by atoms with Crippen molar-refractivity contribution in [3.8, 4) is 0 Å². The lowest BCUT2D eigenvalue weighted by Crippen LogP contribution is -2.27. The Morgan fingerprint density at radius 1 is 1.25 bits per heavy atom. The van der Waals surface area contributed by atoms with Gasteiger partial charge < -0.3 is 0 Å². The molecule has 1 aromatic carbocycles. The van der Waals surface area contributed by atoms with Crippen LogP contribution in [0.4, 0.5) is 0 Å². The third-order valence-corrected chi connectivity index (χ3v) is 5.28. The van der Waals surface area contributed by atoms with E-state index >= 15 is 0 Å². The Balaban J connectivity index is 2.31. The summed E-state index contributed by atoms with van der Waals surface area (Å²) in [6.45, 7) is 5.74. The Morgan fingerprint density at radius 3 is 2.50 bits per heavy atom. The van der Waals surface area contributed by atoms with E-state index in [9.17, 15) is 8.42 Å². The average molecular weight is 293 g/mol. The molecule has 6 heteroatoms. The fourth-order valence-corrected chi connectivity index (χ4v) is 3.71. The van der Waals surface area contributed by atoms with Gasteiger partial charge in [-0.3, -0.25) is 5.10 Å². The summed E-state index contributed by atoms with van der Waals surface area (Å²) < 4.78 is 26.5. The summed E-state index contributed by atoms with van der Waals surface area (Å²) in [5.74, 6) is 0. The van der Waals surface area contributed by atoms with Gasteiger partial charge in [-0.2, -0.15) is 9.40 Å². The van der Waals surface area contributed by atoms with Gasteiger partial charge >= 0.3 is 0 Å². The minimum atomic E-state index is -3.53. The molecule has 0 amide bonds. The van der Waals surface area contributed by atoms with Gasteiger partial charge in [-0.05, 0) is 26.3 Å². The van der Waals surface area contributed by atoms with Crippen molar-refractivity contribution in [3.63, 3.8) is 0 Å². The van der Waals surface area contributed by atoms with Crippen LogP contribution in [0.15, 0.2) is 29.2 Å². The van der Waals surface area contributed by atoms with Crippen molar-refractivity contribution < 1.29 is 8.42 Å². The largest absolute Gasteiger partial charge is 0.281 e. The zero-order valence-corrected chi connectivity index (χ0v) is 13.0. The topological polar surface area (TPSA) is 66.1 Å². The van der Waals surface area contributed by atoms with E-state index in [4.69, 9.17) is 0 Å². The van der Waals surface area contributed by atoms with E-state index < -0.39 is 10.0 Å². The van der Waals surface area contributed by atoms with Crippen LogP contribution in [0.5, 0.6) is 0 Å². The molecule has 0 bridgehead atoms. The summed E-state index contributed by atoms with van der Waals surface area (Å²) in [5, 5.41) is 6.67. The summed E-state index contributed by atoms with van der Waals surface area (Å²) in [7, 11) is -1.94. The van der Waals surface area contributed by atoms with E-state index in [0.717, 1.165) is 11.1 Å². The van der Waals surface area contributed by atoms with Gasteiger partial charge in [0.05, 0.1) is 11.4 Å². The van der Waals surface area contributed by atoms with Gasteiger partial charge in [-0.15, -0.1) is 0 Å². The number of aromatic nitrogens is 2. The number of H-pyrrole nitrogens is 1. The molecule has 0 saturated heterocycles.